The molecule has 0 aliphatic heterocycles. The number of para-hydroxylation sites is 2. The molecule has 0 saturated carbocycles. The van der Waals surface area contributed by atoms with E-state index in [0.29, 0.717) is 23.4 Å². The van der Waals surface area contributed by atoms with E-state index in [0.717, 1.165) is 17.1 Å². The van der Waals surface area contributed by atoms with Crippen molar-refractivity contribution in [2.75, 3.05) is 0 Å². The number of aryl methyl sites for hydroxylation is 1. The van der Waals surface area contributed by atoms with E-state index in [1.807, 2.05) is 28.8 Å². The number of ether oxygens (including phenoxy) is 2. The lowest BCUT2D eigenvalue weighted by molar-refractivity contribution is -0.0543. The fourth-order valence-corrected chi connectivity index (χ4v) is 3.80. The molecule has 10 heteroatoms. The molecule has 2 heterocycles. The van der Waals surface area contributed by atoms with Gasteiger partial charge in [-0.25, -0.2) is 4.52 Å². The van der Waals surface area contributed by atoms with E-state index in [-0.39, 0.29) is 11.3 Å². The molecule has 0 unspecified atom stereocenters. The number of imidazole rings is 1. The Bertz CT molecular complexity index is 1410. The molecule has 34 heavy (non-hydrogen) atoms. The van der Waals surface area contributed by atoms with Gasteiger partial charge >= 0.3 is 13.2 Å². The molecule has 0 fully saturated rings. The number of allylic oxidation sites excluding steroid dienone is 2. The van der Waals surface area contributed by atoms with Crippen LogP contribution in [0.4, 0.5) is 17.6 Å². The second kappa shape index (κ2) is 9.42. The number of hydrogen-bond donors (Lipinski definition) is 0. The number of aromatic nitrogens is 3. The van der Waals surface area contributed by atoms with Crippen molar-refractivity contribution in [1.82, 2.24) is 14.2 Å². The molecular formula is C24H19F4N3O3. The summed E-state index contributed by atoms with van der Waals surface area (Å²) in [5.41, 5.74) is 3.15. The zero-order valence-corrected chi connectivity index (χ0v) is 17.9. The molecule has 2 aromatic carbocycles. The van der Waals surface area contributed by atoms with Crippen molar-refractivity contribution in [2.45, 2.75) is 26.7 Å². The van der Waals surface area contributed by atoms with Crippen molar-refractivity contribution in [2.24, 2.45) is 0 Å². The van der Waals surface area contributed by atoms with Crippen molar-refractivity contribution in [1.29, 1.82) is 0 Å². The quantitative estimate of drug-likeness (QED) is 0.132. The van der Waals surface area contributed by atoms with Crippen LogP contribution < -0.4 is 9.47 Å². The van der Waals surface area contributed by atoms with Crippen LogP contribution in [0.2, 0.25) is 0 Å². The highest BCUT2D eigenvalue weighted by molar-refractivity contribution is 6.12. The fraction of sp³-hybridized carbons (Fsp3) is 0.167. The second-order valence-corrected chi connectivity index (χ2v) is 7.24. The highest BCUT2D eigenvalue weighted by Gasteiger charge is 2.22. The van der Waals surface area contributed by atoms with Crippen molar-refractivity contribution >= 4 is 28.5 Å². The summed E-state index contributed by atoms with van der Waals surface area (Å²) in [5, 5.41) is 4.51. The van der Waals surface area contributed by atoms with Crippen molar-refractivity contribution in [3.8, 4) is 11.5 Å². The standard InChI is InChI=1S/C24H19F4N3O3/c1-3-12-30-17-6-4-5-7-18(17)31-22(30)21(14(2)29-31)19(32)11-9-15-8-10-16(33-23(25)26)13-20(15)34-24(27)28/h3-11,13,23-24H,1,12H2,2H3/b11-9+. The molecule has 0 aliphatic carbocycles. The molecule has 0 spiro atoms. The predicted octanol–water partition coefficient (Wildman–Crippen LogP) is 5.88. The van der Waals surface area contributed by atoms with E-state index in [4.69, 9.17) is 0 Å². The Kier molecular flexibility index (Phi) is 6.40. The number of nitrogens with zero attached hydrogens (tertiary/aromatic N) is 3. The van der Waals surface area contributed by atoms with Gasteiger partial charge in [0, 0.05) is 18.2 Å². The molecule has 4 rings (SSSR count). The molecule has 6 nitrogen and oxygen atoms in total. The van der Waals surface area contributed by atoms with Gasteiger partial charge in [-0.05, 0) is 43.3 Å². The average Bonchev–Trinajstić information content (AvgIpc) is 3.26. The lowest BCUT2D eigenvalue weighted by atomic mass is 10.1. The Morgan fingerprint density at radius 3 is 2.47 bits per heavy atom. The normalized spacial score (nSPS) is 11.9. The predicted molar refractivity (Wildman–Crippen MR) is 119 cm³/mol. The number of hydrogen-bond acceptors (Lipinski definition) is 4. The molecule has 0 radical (unpaired) electrons. The summed E-state index contributed by atoms with van der Waals surface area (Å²) in [5.74, 6) is -1.18. The van der Waals surface area contributed by atoms with Crippen LogP contribution in [-0.4, -0.2) is 33.2 Å². The van der Waals surface area contributed by atoms with Gasteiger partial charge in [-0.15, -0.1) is 6.58 Å². The molecular weight excluding hydrogens is 454 g/mol. The topological polar surface area (TPSA) is 57.8 Å². The van der Waals surface area contributed by atoms with Gasteiger partial charge in [0.15, 0.2) is 5.78 Å². The van der Waals surface area contributed by atoms with Crippen LogP contribution in [0.15, 0.2) is 61.2 Å². The molecule has 0 amide bonds. The summed E-state index contributed by atoms with van der Waals surface area (Å²) in [6, 6.07) is 10.9. The van der Waals surface area contributed by atoms with E-state index in [1.165, 1.54) is 24.3 Å². The van der Waals surface area contributed by atoms with Crippen LogP contribution in [0.3, 0.4) is 0 Å². The minimum atomic E-state index is -3.20. The van der Waals surface area contributed by atoms with Gasteiger partial charge in [-0.3, -0.25) is 4.79 Å². The number of benzene rings is 2. The number of fused-ring (bicyclic) bond motifs is 3. The molecule has 176 valence electrons. The maximum atomic E-state index is 13.2. The Balaban J connectivity index is 1.76. The summed E-state index contributed by atoms with van der Waals surface area (Å²) in [6.45, 7) is -0.410. The Morgan fingerprint density at radius 2 is 1.79 bits per heavy atom. The summed E-state index contributed by atoms with van der Waals surface area (Å²) in [6.07, 6.45) is 4.17. The van der Waals surface area contributed by atoms with Gasteiger partial charge in [-0.1, -0.05) is 18.2 Å². The van der Waals surface area contributed by atoms with Gasteiger partial charge in [0.25, 0.3) is 0 Å². The third kappa shape index (κ3) is 4.39. The van der Waals surface area contributed by atoms with E-state index in [2.05, 4.69) is 21.2 Å². The first-order valence-corrected chi connectivity index (χ1v) is 10.1. The van der Waals surface area contributed by atoms with Gasteiger partial charge < -0.3 is 14.0 Å². The lowest BCUT2D eigenvalue weighted by Gasteiger charge is -2.11. The van der Waals surface area contributed by atoms with E-state index in [9.17, 15) is 22.4 Å². The largest absolute Gasteiger partial charge is 0.435 e. The maximum Gasteiger partial charge on any atom is 0.387 e. The van der Waals surface area contributed by atoms with Crippen LogP contribution in [0.5, 0.6) is 11.5 Å². The number of halogens is 4. The van der Waals surface area contributed by atoms with E-state index in [1.54, 1.807) is 17.5 Å². The third-order valence-corrected chi connectivity index (χ3v) is 5.09. The second-order valence-electron chi connectivity index (χ2n) is 7.24. The molecule has 0 atom stereocenters. The van der Waals surface area contributed by atoms with Gasteiger partial charge in [0.1, 0.15) is 17.1 Å². The molecule has 0 aliphatic rings. The Hall–Kier alpha value is -4.08. The zero-order valence-electron chi connectivity index (χ0n) is 17.9. The minimum Gasteiger partial charge on any atom is -0.435 e. The highest BCUT2D eigenvalue weighted by atomic mass is 19.3. The molecule has 0 N–H and O–H groups in total. The highest BCUT2D eigenvalue weighted by Crippen LogP contribution is 2.30. The number of carbonyl (C=O) groups excluding carboxylic acids is 1. The fourth-order valence-electron chi connectivity index (χ4n) is 3.80. The van der Waals surface area contributed by atoms with E-state index >= 15 is 0 Å². The third-order valence-electron chi connectivity index (χ3n) is 5.09. The van der Waals surface area contributed by atoms with Crippen molar-refractivity contribution in [3.63, 3.8) is 0 Å². The van der Waals surface area contributed by atoms with E-state index < -0.39 is 24.8 Å². The first-order valence-electron chi connectivity index (χ1n) is 10.1. The molecule has 0 saturated heterocycles. The Morgan fingerprint density at radius 1 is 1.09 bits per heavy atom. The Labute approximate surface area is 191 Å². The average molecular weight is 473 g/mol. The first kappa shape index (κ1) is 23.1. The number of rotatable bonds is 9. The summed E-state index contributed by atoms with van der Waals surface area (Å²) >= 11 is 0. The first-order chi connectivity index (χ1) is 16.3. The van der Waals surface area contributed by atoms with Gasteiger partial charge in [0.05, 0.1) is 22.3 Å². The zero-order chi connectivity index (χ0) is 24.4. The molecule has 4 aromatic rings. The summed E-state index contributed by atoms with van der Waals surface area (Å²) in [7, 11) is 0. The van der Waals surface area contributed by atoms with Crippen LogP contribution >= 0.6 is 0 Å². The minimum absolute atomic E-state index is 0.0861. The van der Waals surface area contributed by atoms with Gasteiger partial charge in [0.2, 0.25) is 0 Å². The van der Waals surface area contributed by atoms with Crippen LogP contribution in [-0.2, 0) is 6.54 Å². The monoisotopic (exact) mass is 473 g/mol. The lowest BCUT2D eigenvalue weighted by Crippen LogP contribution is -2.06. The van der Waals surface area contributed by atoms with Crippen LogP contribution in [0.1, 0.15) is 21.6 Å². The van der Waals surface area contributed by atoms with Crippen LogP contribution in [0, 0.1) is 6.92 Å². The number of carbonyl (C=O) groups is 1. The number of ketones is 1. The van der Waals surface area contributed by atoms with Gasteiger partial charge in [-0.2, -0.15) is 22.7 Å². The molecule has 2 aromatic heterocycles. The van der Waals surface area contributed by atoms with Crippen molar-refractivity contribution < 1.29 is 31.8 Å². The summed E-state index contributed by atoms with van der Waals surface area (Å²) in [4.78, 5) is 13.2. The summed E-state index contributed by atoms with van der Waals surface area (Å²) < 4.78 is 62.9. The maximum absolute atomic E-state index is 13.2. The SMILES string of the molecule is C=CCn1c2ccccc2n2nc(C)c(C(=O)/C=C/c3ccc(OC(F)F)cc3OC(F)F)c12. The van der Waals surface area contributed by atoms with Crippen LogP contribution in [0.25, 0.3) is 22.8 Å². The van der Waals surface area contributed by atoms with Crippen molar-refractivity contribution in [3.05, 3.63) is 78.0 Å². The molecule has 0 bridgehead atoms. The smallest absolute Gasteiger partial charge is 0.387 e. The number of alkyl halides is 4.